The number of hydrogen-bond donors (Lipinski definition) is 4. The molecule has 3 fully saturated rings. The van der Waals surface area contributed by atoms with Gasteiger partial charge in [-0.1, -0.05) is 24.8 Å². The van der Waals surface area contributed by atoms with Crippen LogP contribution in [0.4, 0.5) is 0 Å². The Labute approximate surface area is 258 Å². The quantitative estimate of drug-likeness (QED) is 0.0680. The molecule has 3 rings (SSSR count). The second-order valence-corrected chi connectivity index (χ2v) is 10.8. The number of carbonyl (C=O) groups excluding carboxylic acids is 5. The lowest BCUT2D eigenvalue weighted by Gasteiger charge is -2.11. The lowest BCUT2D eigenvalue weighted by atomic mass is 10.1. The molecule has 5 amide bonds. The molecule has 3 aliphatic rings. The first-order valence-corrected chi connectivity index (χ1v) is 15.5. The second-order valence-electron chi connectivity index (χ2n) is 9.04. The van der Waals surface area contributed by atoms with Crippen molar-refractivity contribution in [3.05, 3.63) is 38.3 Å². The number of nitrogens with one attached hydrogen (secondary N) is 2. The van der Waals surface area contributed by atoms with Gasteiger partial charge in [0, 0.05) is 56.3 Å². The number of rotatable bonds is 14. The third-order valence-corrected chi connectivity index (χ3v) is 7.62. The first-order valence-electron chi connectivity index (χ1n) is 13.2. The van der Waals surface area contributed by atoms with Crippen molar-refractivity contribution >= 4 is 59.3 Å². The zero-order valence-corrected chi connectivity index (χ0v) is 25.6. The highest BCUT2D eigenvalue weighted by molar-refractivity contribution is 7.98. The molecule has 3 unspecified atom stereocenters. The summed E-state index contributed by atoms with van der Waals surface area (Å²) in [4.78, 5) is 72.1. The molecule has 0 saturated carbocycles. The number of carboxylic acids is 1. The van der Waals surface area contributed by atoms with E-state index in [0.29, 0.717) is 57.7 Å². The summed E-state index contributed by atoms with van der Waals surface area (Å²) >= 11 is 2.51. The Morgan fingerprint density at radius 2 is 1.21 bits per heavy atom. The predicted molar refractivity (Wildman–Crippen MR) is 159 cm³/mol. The number of carbonyl (C=O) groups is 6. The first-order chi connectivity index (χ1) is 20.6. The molecule has 43 heavy (non-hydrogen) atoms. The van der Waals surface area contributed by atoms with E-state index in [1.54, 1.807) is 11.8 Å². The van der Waals surface area contributed by atoms with Crippen molar-refractivity contribution in [1.82, 2.24) is 25.3 Å². The van der Waals surface area contributed by atoms with Gasteiger partial charge in [-0.25, -0.2) is 5.26 Å². The zero-order valence-electron chi connectivity index (χ0n) is 24.0. The number of aliphatic carboxylic acids is 1. The highest BCUT2D eigenvalue weighted by Gasteiger charge is 2.37. The van der Waals surface area contributed by atoms with Gasteiger partial charge >= 0.3 is 5.97 Å². The van der Waals surface area contributed by atoms with Crippen LogP contribution in [0.5, 0.6) is 0 Å². The average molecular weight is 646 g/mol. The van der Waals surface area contributed by atoms with E-state index in [0.717, 1.165) is 17.8 Å². The lowest BCUT2D eigenvalue weighted by Crippen LogP contribution is -2.36. The Hall–Kier alpha value is -3.38. The maximum absolute atomic E-state index is 11.6. The Morgan fingerprint density at radius 3 is 1.53 bits per heavy atom. The van der Waals surface area contributed by atoms with Crippen LogP contribution in [0.3, 0.4) is 0 Å². The maximum Gasteiger partial charge on any atom is 0.316 e. The smallest absolute Gasteiger partial charge is 0.316 e. The van der Waals surface area contributed by atoms with Crippen LogP contribution in [0, 0.1) is 17.8 Å². The molecular weight excluding hydrogens is 606 g/mol. The minimum atomic E-state index is -1.04. The van der Waals surface area contributed by atoms with Crippen molar-refractivity contribution < 1.29 is 48.5 Å². The third-order valence-electron chi connectivity index (χ3n) is 6.48. The van der Waals surface area contributed by atoms with E-state index in [2.05, 4.69) is 39.7 Å². The van der Waals surface area contributed by atoms with Crippen LogP contribution in [-0.2, 0) is 38.1 Å². The highest BCUT2D eigenvalue weighted by Crippen LogP contribution is 2.19. The Morgan fingerprint density at radius 1 is 0.814 bits per heavy atom. The fourth-order valence-electron chi connectivity index (χ4n) is 4.16. The van der Waals surface area contributed by atoms with Gasteiger partial charge in [0.25, 0.3) is 0 Å². The molecule has 3 atom stereocenters. The molecule has 15 nitrogen and oxygen atoms in total. The van der Waals surface area contributed by atoms with E-state index >= 15 is 0 Å². The largest absolute Gasteiger partial charge is 0.481 e. The molecular formula is C26H39N5O10S2. The SMILES string of the molecule is C=CN1CCC(C(=O)NCCSC)C1=O.C=CN1CCC(C(=O)NCCSOOO)C1=O.C=CN1CCC(C(=O)O)C1=O. The topological polar surface area (TPSA) is 195 Å². The highest BCUT2D eigenvalue weighted by atomic mass is 32.2. The number of carboxylic acid groups (broad SMARTS) is 1. The molecule has 0 aromatic heterocycles. The predicted octanol–water partition coefficient (Wildman–Crippen LogP) is 0.685. The molecule has 0 aromatic rings. The molecule has 3 aliphatic heterocycles. The first kappa shape index (κ1) is 37.6. The molecule has 0 aromatic carbocycles. The van der Waals surface area contributed by atoms with E-state index in [4.69, 9.17) is 10.4 Å². The number of thioether (sulfide) groups is 1. The summed E-state index contributed by atoms with van der Waals surface area (Å²) in [5.41, 5.74) is 0. The zero-order chi connectivity index (χ0) is 32.4. The van der Waals surface area contributed by atoms with Crippen LogP contribution < -0.4 is 10.6 Å². The van der Waals surface area contributed by atoms with Crippen molar-refractivity contribution in [2.75, 3.05) is 50.5 Å². The molecule has 17 heteroatoms. The number of likely N-dealkylation sites (tertiary alicyclic amines) is 3. The summed E-state index contributed by atoms with van der Waals surface area (Å²) in [7, 11) is 0. The van der Waals surface area contributed by atoms with Crippen molar-refractivity contribution in [2.45, 2.75) is 19.3 Å². The van der Waals surface area contributed by atoms with Gasteiger partial charge in [0.1, 0.15) is 17.8 Å². The molecule has 0 spiro atoms. The molecule has 0 radical (unpaired) electrons. The van der Waals surface area contributed by atoms with Crippen molar-refractivity contribution in [1.29, 1.82) is 0 Å². The van der Waals surface area contributed by atoms with Gasteiger partial charge in [-0.3, -0.25) is 28.8 Å². The van der Waals surface area contributed by atoms with Gasteiger partial charge in [-0.05, 0) is 44.1 Å². The Bertz CT molecular complexity index is 1030. The van der Waals surface area contributed by atoms with Crippen LogP contribution in [-0.4, -0.2) is 111 Å². The average Bonchev–Trinajstić information content (AvgIpc) is 3.68. The fourth-order valence-corrected chi connectivity index (χ4v) is 4.76. The summed E-state index contributed by atoms with van der Waals surface area (Å²) < 4.78 is 4.13. The minimum Gasteiger partial charge on any atom is -0.481 e. The summed E-state index contributed by atoms with van der Waals surface area (Å²) in [6, 6.07) is 0. The van der Waals surface area contributed by atoms with Crippen molar-refractivity contribution in [3.8, 4) is 0 Å². The van der Waals surface area contributed by atoms with Crippen LogP contribution >= 0.6 is 23.8 Å². The summed E-state index contributed by atoms with van der Waals surface area (Å²) in [5, 5.41) is 25.1. The summed E-state index contributed by atoms with van der Waals surface area (Å²) in [6.07, 6.45) is 7.74. The maximum atomic E-state index is 11.6. The molecule has 3 saturated heterocycles. The van der Waals surface area contributed by atoms with Gasteiger partial charge in [-0.2, -0.15) is 11.8 Å². The lowest BCUT2D eigenvalue weighted by molar-refractivity contribution is -0.432. The van der Waals surface area contributed by atoms with Gasteiger partial charge in [0.2, 0.25) is 29.5 Å². The van der Waals surface area contributed by atoms with Crippen LogP contribution in [0.1, 0.15) is 19.3 Å². The van der Waals surface area contributed by atoms with Gasteiger partial charge < -0.3 is 30.4 Å². The van der Waals surface area contributed by atoms with E-state index in [9.17, 15) is 28.8 Å². The Kier molecular flexibility index (Phi) is 18.0. The monoisotopic (exact) mass is 645 g/mol. The van der Waals surface area contributed by atoms with Crippen LogP contribution in [0.15, 0.2) is 38.3 Å². The van der Waals surface area contributed by atoms with E-state index in [-0.39, 0.29) is 29.5 Å². The van der Waals surface area contributed by atoms with Crippen LogP contribution in [0.25, 0.3) is 0 Å². The Balaban J connectivity index is 0.000000330. The van der Waals surface area contributed by atoms with Gasteiger partial charge in [-0.15, -0.1) is 4.33 Å². The second kappa shape index (κ2) is 20.5. The fraction of sp³-hybridized carbons (Fsp3) is 0.538. The van der Waals surface area contributed by atoms with Crippen molar-refractivity contribution in [2.24, 2.45) is 17.8 Å². The van der Waals surface area contributed by atoms with Crippen LogP contribution in [0.2, 0.25) is 0 Å². The molecule has 4 N–H and O–H groups in total. The molecule has 3 heterocycles. The normalized spacial score (nSPS) is 20.9. The van der Waals surface area contributed by atoms with Crippen molar-refractivity contribution in [3.63, 3.8) is 0 Å². The summed E-state index contributed by atoms with van der Waals surface area (Å²) in [6.45, 7) is 13.0. The minimum absolute atomic E-state index is 0.133. The third kappa shape index (κ3) is 12.0. The number of amides is 5. The van der Waals surface area contributed by atoms with Gasteiger partial charge in [0.05, 0.1) is 0 Å². The molecule has 0 aliphatic carbocycles. The van der Waals surface area contributed by atoms with E-state index in [1.165, 1.54) is 33.3 Å². The standard InChI is InChI=1S/C10H16N2O2S.C9H14N2O5S.C7H9NO3/c1-3-12-6-4-8(10(12)14)9(13)11-5-7-15-2;1-2-11-5-3-7(9(11)13)8(12)10-4-6-17-16-15-14;1-2-8-4-3-5(6(8)9)7(10)11/h3,8H,1,4-7H2,2H3,(H,11,13);2,7,14H,1,3-6H2,(H,10,12);2,5H,1,3-4H2,(H,10,11). The molecule has 240 valence electrons. The van der Waals surface area contributed by atoms with E-state index in [1.807, 2.05) is 6.26 Å². The number of nitrogens with zero attached hydrogens (tertiary/aromatic N) is 3. The van der Waals surface area contributed by atoms with E-state index < -0.39 is 23.7 Å². The van der Waals surface area contributed by atoms with Gasteiger partial charge in [0.15, 0.2) is 0 Å². The number of hydrogen-bond acceptors (Lipinski definition) is 11. The summed E-state index contributed by atoms with van der Waals surface area (Å²) in [5.74, 6) is -2.93. The molecule has 0 bridgehead atoms.